The Morgan fingerprint density at radius 3 is 2.32 bits per heavy atom. The second-order valence-corrected chi connectivity index (χ2v) is 21.8. The molecule has 16 nitrogen and oxygen atoms in total. The van der Waals surface area contributed by atoms with Gasteiger partial charge in [0.1, 0.15) is 18.2 Å². The monoisotopic (exact) mass is 1060 g/mol. The van der Waals surface area contributed by atoms with E-state index in [1.54, 1.807) is 59.3 Å². The molecule has 14 atom stereocenters. The quantitative estimate of drug-likeness (QED) is 0.0237. The van der Waals surface area contributed by atoms with Crippen molar-refractivity contribution in [2.75, 3.05) is 41.5 Å². The molecule has 0 aromatic heterocycles. The highest BCUT2D eigenvalue weighted by Crippen LogP contribution is 2.37. The number of Topliss-reactive ketones (excluding diaryl/α,β-unsaturated/α-hetero) is 2. The molecule has 3 fully saturated rings. The smallest absolute Gasteiger partial charge is 0.296 e. The van der Waals surface area contributed by atoms with E-state index in [9.17, 15) is 44.4 Å². The Morgan fingerprint density at radius 1 is 0.895 bits per heavy atom. The number of methoxy groups -OCH3 is 4. The second kappa shape index (κ2) is 31.0. The Bertz CT molecular complexity index is 2240. The van der Waals surface area contributed by atoms with E-state index in [0.29, 0.717) is 75.0 Å². The van der Waals surface area contributed by atoms with E-state index in [1.165, 1.54) is 25.2 Å². The molecule has 2 heterocycles. The molecule has 76 heavy (non-hydrogen) atoms. The first kappa shape index (κ1) is 63.7. The first-order chi connectivity index (χ1) is 36.1. The molecule has 3 aliphatic rings. The van der Waals surface area contributed by atoms with Gasteiger partial charge in [-0.1, -0.05) is 83.2 Å². The number of aromatic hydroxyl groups is 1. The number of allylic oxidation sites excluding steroid dienone is 8. The van der Waals surface area contributed by atoms with Crippen molar-refractivity contribution in [1.29, 1.82) is 0 Å². The highest BCUT2D eigenvalue weighted by molar-refractivity contribution is 6.39. The van der Waals surface area contributed by atoms with Crippen LogP contribution in [0.2, 0.25) is 0 Å². The van der Waals surface area contributed by atoms with Crippen LogP contribution in [0.25, 0.3) is 0 Å². The third-order valence-electron chi connectivity index (χ3n) is 15.7. The van der Waals surface area contributed by atoms with Gasteiger partial charge in [-0.3, -0.25) is 24.0 Å². The van der Waals surface area contributed by atoms with Gasteiger partial charge in [0, 0.05) is 58.6 Å². The first-order valence-electron chi connectivity index (χ1n) is 27.4. The molecule has 1 saturated carbocycles. The van der Waals surface area contributed by atoms with Gasteiger partial charge < -0.3 is 54.3 Å². The topological polar surface area (TPSA) is 228 Å². The van der Waals surface area contributed by atoms with Crippen LogP contribution in [-0.4, -0.2) is 144 Å². The van der Waals surface area contributed by atoms with Gasteiger partial charge in [0.15, 0.2) is 23.1 Å². The summed E-state index contributed by atoms with van der Waals surface area (Å²) in [6, 6.07) is 4.06. The molecule has 0 unspecified atom stereocenters. The Labute approximate surface area is 452 Å². The number of hydrogen-bond donors (Lipinski definition) is 5. The number of phenols is 1. The number of ether oxygens (including phenoxy) is 5. The van der Waals surface area contributed by atoms with E-state index in [4.69, 9.17) is 23.7 Å². The van der Waals surface area contributed by atoms with Gasteiger partial charge in [0.05, 0.1) is 31.5 Å². The number of carbonyl (C=O) groups is 5. The standard InChI is InChI=1S/C60H90N2O14/c1-37(31-41(5)54(66)56(75-11)55(67)42(6)33-40(4)48(63)25-20-38(2)32-45-23-27-50(65)53(35-45)74-10)17-13-12-14-18-39(3)51(72-8)36-46-24-21-43(7)60(71,76-46)57(68)59(70)62-30-16-15-19-47(62)58(69)61-29-28-44-22-26-49(64)52(34-44)73-9/h12-14,17-18,20,22,25-26,33-34,37-38,40-41,43,45-47,50-51,53,55-56,64-65,67,71H,15-16,19,21,23-24,27-32,35-36H2,1-11H3,(H,61,69)/b14-12+,17-13+,25-20+,39-18+,42-33+/t37-,38+,40-,41-,43-,45+,46+,47+,50-,51+,53-,55-,56+,60-/m1/s1. The van der Waals surface area contributed by atoms with Crippen molar-refractivity contribution in [1.82, 2.24) is 10.2 Å². The Hall–Kier alpha value is -4.81. The fourth-order valence-corrected chi connectivity index (χ4v) is 10.8. The normalized spacial score (nSPS) is 26.7. The summed E-state index contributed by atoms with van der Waals surface area (Å²) in [5.74, 6) is -5.83. The Balaban J connectivity index is 1.26. The molecule has 5 N–H and O–H groups in total. The fraction of sp³-hybridized carbons (Fsp3) is 0.650. The number of nitrogens with zero attached hydrogens (tertiary/aromatic N) is 1. The van der Waals surface area contributed by atoms with Crippen molar-refractivity contribution >= 4 is 29.2 Å². The maximum atomic E-state index is 14.0. The minimum Gasteiger partial charge on any atom is -0.504 e. The van der Waals surface area contributed by atoms with Crippen LogP contribution in [0.3, 0.4) is 0 Å². The van der Waals surface area contributed by atoms with E-state index in [1.807, 2.05) is 57.2 Å². The molecule has 0 spiro atoms. The minimum atomic E-state index is -2.38. The number of piperidine rings is 1. The lowest BCUT2D eigenvalue weighted by atomic mass is 9.80. The molecule has 424 valence electrons. The number of nitrogens with one attached hydrogen (secondary N) is 1. The molecular formula is C60H90N2O14. The molecule has 0 radical (unpaired) electrons. The van der Waals surface area contributed by atoms with Crippen LogP contribution < -0.4 is 10.1 Å². The maximum absolute atomic E-state index is 14.0. The van der Waals surface area contributed by atoms with Crippen molar-refractivity contribution in [2.45, 2.75) is 174 Å². The number of benzene rings is 1. The molecule has 2 saturated heterocycles. The molecule has 0 bridgehead atoms. The average Bonchev–Trinajstić information content (AvgIpc) is 3.40. The van der Waals surface area contributed by atoms with Crippen LogP contribution in [0.5, 0.6) is 11.5 Å². The van der Waals surface area contributed by atoms with Crippen LogP contribution in [0.4, 0.5) is 0 Å². The Morgan fingerprint density at radius 2 is 1.63 bits per heavy atom. The summed E-state index contributed by atoms with van der Waals surface area (Å²) in [5.41, 5.74) is 2.18. The van der Waals surface area contributed by atoms with Crippen LogP contribution in [-0.2, 0) is 49.3 Å². The van der Waals surface area contributed by atoms with Crippen LogP contribution in [0.15, 0.2) is 78.0 Å². The van der Waals surface area contributed by atoms with Gasteiger partial charge in [-0.25, -0.2) is 0 Å². The second-order valence-electron chi connectivity index (χ2n) is 21.8. The molecule has 16 heteroatoms. The number of ketones is 3. The van der Waals surface area contributed by atoms with Gasteiger partial charge in [-0.05, 0) is 137 Å². The predicted molar refractivity (Wildman–Crippen MR) is 291 cm³/mol. The van der Waals surface area contributed by atoms with Crippen molar-refractivity contribution in [2.24, 2.45) is 35.5 Å². The summed E-state index contributed by atoms with van der Waals surface area (Å²) in [6.07, 6.45) is 18.0. The molecule has 1 aliphatic carbocycles. The van der Waals surface area contributed by atoms with Gasteiger partial charge in [0.25, 0.3) is 11.7 Å². The number of rotatable bonds is 28. The third-order valence-corrected chi connectivity index (χ3v) is 15.7. The lowest BCUT2D eigenvalue weighted by Crippen LogP contribution is -2.61. The number of amides is 2. The van der Waals surface area contributed by atoms with E-state index in [2.05, 4.69) is 12.2 Å². The maximum Gasteiger partial charge on any atom is 0.296 e. The zero-order chi connectivity index (χ0) is 56.3. The van der Waals surface area contributed by atoms with E-state index in [-0.39, 0.29) is 54.3 Å². The van der Waals surface area contributed by atoms with E-state index < -0.39 is 71.8 Å². The number of hydrogen-bond acceptors (Lipinski definition) is 14. The number of carbonyl (C=O) groups excluding carboxylic acids is 5. The molecule has 4 rings (SSSR count). The van der Waals surface area contributed by atoms with Crippen LogP contribution >= 0.6 is 0 Å². The largest absolute Gasteiger partial charge is 0.504 e. The third kappa shape index (κ3) is 18.1. The summed E-state index contributed by atoms with van der Waals surface area (Å²) < 4.78 is 28.1. The summed E-state index contributed by atoms with van der Waals surface area (Å²) in [4.78, 5) is 69.2. The lowest BCUT2D eigenvalue weighted by Gasteiger charge is -2.42. The number of aliphatic hydroxyl groups excluding tert-OH is 2. The van der Waals surface area contributed by atoms with Crippen molar-refractivity contribution < 1.29 is 68.1 Å². The summed E-state index contributed by atoms with van der Waals surface area (Å²) in [7, 11) is 6.05. The molecule has 1 aromatic carbocycles. The highest BCUT2D eigenvalue weighted by atomic mass is 16.6. The molecular weight excluding hydrogens is 973 g/mol. The average molecular weight is 1060 g/mol. The number of phenolic OH excluding ortho intramolecular Hbond substituents is 1. The van der Waals surface area contributed by atoms with Crippen LogP contribution in [0.1, 0.15) is 125 Å². The van der Waals surface area contributed by atoms with Crippen LogP contribution in [0, 0.1) is 35.5 Å². The van der Waals surface area contributed by atoms with Gasteiger partial charge in [-0.2, -0.15) is 0 Å². The zero-order valence-electron chi connectivity index (χ0n) is 47.1. The van der Waals surface area contributed by atoms with Gasteiger partial charge in [0.2, 0.25) is 11.7 Å². The first-order valence-corrected chi connectivity index (χ1v) is 27.4. The zero-order valence-corrected chi connectivity index (χ0v) is 47.1. The lowest BCUT2D eigenvalue weighted by molar-refractivity contribution is -0.265. The SMILES string of the molecule is COc1cc(CCNC(=O)[C@@H]2CCCCN2C(=O)C(=O)[C@]2(O)O[C@H](C[C@H](OC)/C(C)=C/C=C/C=C/[C@@H](C)C[C@@H](C)C(=O)[C@H](OC)[C@H](O)/C(C)=C/[C@@H](C)C(=O)/C=C/[C@H](C)C[C@@H]3CC[C@@H](O)[C@H](OC)C3)CC[C@H]2C)ccc1O. The Kier molecular flexibility index (Phi) is 26.0. The van der Waals surface area contributed by atoms with E-state index in [0.717, 1.165) is 30.4 Å². The summed E-state index contributed by atoms with van der Waals surface area (Å²) >= 11 is 0. The predicted octanol–water partition coefficient (Wildman–Crippen LogP) is 7.49. The summed E-state index contributed by atoms with van der Waals surface area (Å²) in [6.45, 7) is 13.4. The molecule has 1 aromatic rings. The minimum absolute atomic E-state index is 0.00899. The van der Waals surface area contributed by atoms with Gasteiger partial charge >= 0.3 is 0 Å². The van der Waals surface area contributed by atoms with Crippen molar-refractivity contribution in [3.05, 3.63) is 83.5 Å². The fourth-order valence-electron chi connectivity index (χ4n) is 10.8. The number of likely N-dealkylation sites (tertiary alicyclic amines) is 1. The summed E-state index contributed by atoms with van der Waals surface area (Å²) in [5, 5.41) is 46.0. The van der Waals surface area contributed by atoms with Crippen molar-refractivity contribution in [3.8, 4) is 11.5 Å². The molecule has 2 amide bonds. The van der Waals surface area contributed by atoms with Crippen molar-refractivity contribution in [3.63, 3.8) is 0 Å². The number of aliphatic hydroxyl groups is 3. The van der Waals surface area contributed by atoms with Gasteiger partial charge in [-0.15, -0.1) is 0 Å². The van der Waals surface area contributed by atoms with E-state index >= 15 is 0 Å². The highest BCUT2D eigenvalue weighted by Gasteiger charge is 2.53. The molecule has 2 aliphatic heterocycles.